The van der Waals surface area contributed by atoms with Crippen LogP contribution in [0.1, 0.15) is 15.9 Å². The number of hydrogen-bond acceptors (Lipinski definition) is 4. The molecule has 0 saturated heterocycles. The minimum atomic E-state index is -4.58. The van der Waals surface area contributed by atoms with E-state index in [9.17, 15) is 18.0 Å². The maximum atomic E-state index is 12.5. The van der Waals surface area contributed by atoms with Crippen LogP contribution in [0.5, 0.6) is 0 Å². The molecule has 1 heterocycles. The molecule has 0 saturated carbocycles. The summed E-state index contributed by atoms with van der Waals surface area (Å²) in [5.74, 6) is -0.825. The second kappa shape index (κ2) is 5.24. The monoisotopic (exact) mass is 275 g/mol. The molecule has 0 aliphatic rings. The van der Waals surface area contributed by atoms with Gasteiger partial charge in [-0.2, -0.15) is 18.2 Å². The molecule has 1 amide bonds. The maximum absolute atomic E-state index is 12.5. The van der Waals surface area contributed by atoms with E-state index in [1.807, 2.05) is 5.16 Å². The Balaban J connectivity index is 3.42. The van der Waals surface area contributed by atoms with Crippen molar-refractivity contribution in [1.82, 2.24) is 9.88 Å². The number of amides is 1. The van der Waals surface area contributed by atoms with Crippen molar-refractivity contribution >= 4 is 29.1 Å². The lowest BCUT2D eigenvalue weighted by atomic mass is 10.1. The normalized spacial score (nSPS) is 10.7. The van der Waals surface area contributed by atoms with Crippen LogP contribution in [0.3, 0.4) is 0 Å². The average molecular weight is 275 g/mol. The summed E-state index contributed by atoms with van der Waals surface area (Å²) >= 11 is 4.35. The quantitative estimate of drug-likeness (QED) is 0.615. The van der Waals surface area contributed by atoms with E-state index in [-0.39, 0.29) is 11.4 Å². The third kappa shape index (κ3) is 3.12. The first-order valence-electron chi connectivity index (χ1n) is 4.64. The van der Waals surface area contributed by atoms with Crippen molar-refractivity contribution in [1.29, 1.82) is 0 Å². The zero-order valence-corrected chi connectivity index (χ0v) is 10.3. The molecule has 1 aromatic rings. The molecule has 0 fully saturated rings. The molecule has 0 bridgehead atoms. The van der Waals surface area contributed by atoms with Crippen molar-refractivity contribution in [3.8, 4) is 0 Å². The van der Waals surface area contributed by atoms with Gasteiger partial charge in [0.25, 0.3) is 5.91 Å². The molecule has 0 aliphatic carbocycles. The van der Waals surface area contributed by atoms with Gasteiger partial charge in [-0.15, -0.1) is 0 Å². The minimum Gasteiger partial charge on any atom is -0.345 e. The van der Waals surface area contributed by atoms with Crippen LogP contribution in [0.4, 0.5) is 19.0 Å². The topological polar surface area (TPSA) is 45.6 Å². The van der Waals surface area contributed by atoms with Gasteiger partial charge in [0.2, 0.25) is 0 Å². The Morgan fingerprint density at radius 2 is 2.11 bits per heavy atom. The summed E-state index contributed by atoms with van der Waals surface area (Å²) in [7, 11) is 2.82. The van der Waals surface area contributed by atoms with Gasteiger partial charge < -0.3 is 4.90 Å². The van der Waals surface area contributed by atoms with Crippen LogP contribution in [0.15, 0.2) is 17.3 Å². The predicted molar refractivity (Wildman–Crippen MR) is 61.9 cm³/mol. The molecule has 1 rings (SSSR count). The number of halogens is 3. The fraction of sp³-hybridized carbons (Fsp3) is 0.300. The van der Waals surface area contributed by atoms with Crippen molar-refractivity contribution < 1.29 is 18.0 Å². The van der Waals surface area contributed by atoms with E-state index in [2.05, 4.69) is 22.2 Å². The number of pyridine rings is 1. The number of alkyl halides is 3. The summed E-state index contributed by atoms with van der Waals surface area (Å²) in [5, 5.41) is 1.97. The smallest absolute Gasteiger partial charge is 0.345 e. The average Bonchev–Trinajstić information content (AvgIpc) is 2.27. The highest BCUT2D eigenvalue weighted by atomic mass is 32.1. The van der Waals surface area contributed by atoms with E-state index in [1.165, 1.54) is 14.1 Å². The highest BCUT2D eigenvalue weighted by Gasteiger charge is 2.32. The highest BCUT2D eigenvalue weighted by Crippen LogP contribution is 2.31. The number of nitrogens with zero attached hydrogens (tertiary/aromatic N) is 3. The van der Waals surface area contributed by atoms with Gasteiger partial charge >= 0.3 is 6.18 Å². The van der Waals surface area contributed by atoms with Gasteiger partial charge in [-0.25, -0.2) is 4.98 Å². The molecular formula is C10H8F3N3OS. The Bertz CT molecular complexity index is 522. The molecule has 18 heavy (non-hydrogen) atoms. The lowest BCUT2D eigenvalue weighted by Crippen LogP contribution is -2.22. The lowest BCUT2D eigenvalue weighted by molar-refractivity contribution is -0.137. The number of hydrogen-bond donors (Lipinski definition) is 0. The zero-order chi connectivity index (χ0) is 13.9. The van der Waals surface area contributed by atoms with E-state index >= 15 is 0 Å². The standard InChI is InChI=1S/C10H8F3N3OS/c1-16(2)9(17)7-3-6(10(11,12)13)4-14-8(7)15-5-18/h3-4H,1-2H3. The molecule has 0 spiro atoms. The zero-order valence-electron chi connectivity index (χ0n) is 9.45. The molecular weight excluding hydrogens is 267 g/mol. The van der Waals surface area contributed by atoms with Crippen molar-refractivity contribution in [2.24, 2.45) is 4.99 Å². The van der Waals surface area contributed by atoms with Gasteiger partial charge in [-0.05, 0) is 18.3 Å². The predicted octanol–water partition coefficient (Wildman–Crippen LogP) is 2.54. The summed E-state index contributed by atoms with van der Waals surface area (Å²) in [6, 6.07) is 0.695. The Kier molecular flexibility index (Phi) is 4.15. The first kappa shape index (κ1) is 14.3. The van der Waals surface area contributed by atoms with Crippen molar-refractivity contribution in [2.75, 3.05) is 14.1 Å². The van der Waals surface area contributed by atoms with Crippen molar-refractivity contribution in [3.05, 3.63) is 23.4 Å². The summed E-state index contributed by atoms with van der Waals surface area (Å²) in [6.45, 7) is 0. The van der Waals surface area contributed by atoms with E-state index < -0.39 is 17.6 Å². The molecule has 96 valence electrons. The van der Waals surface area contributed by atoms with Crippen LogP contribution in [0, 0.1) is 0 Å². The minimum absolute atomic E-state index is 0.184. The Morgan fingerprint density at radius 1 is 1.50 bits per heavy atom. The van der Waals surface area contributed by atoms with Gasteiger partial charge in [-0.1, -0.05) is 0 Å². The molecule has 0 unspecified atom stereocenters. The fourth-order valence-electron chi connectivity index (χ4n) is 1.14. The number of rotatable bonds is 2. The first-order valence-corrected chi connectivity index (χ1v) is 5.05. The summed E-state index contributed by atoms with van der Waals surface area (Å²) in [5.41, 5.74) is -1.29. The van der Waals surface area contributed by atoms with E-state index in [0.29, 0.717) is 12.3 Å². The summed E-state index contributed by atoms with van der Waals surface area (Å²) < 4.78 is 37.6. The largest absolute Gasteiger partial charge is 0.417 e. The van der Waals surface area contributed by atoms with Crippen LogP contribution in [-0.2, 0) is 6.18 Å². The van der Waals surface area contributed by atoms with Crippen LogP contribution in [0.25, 0.3) is 0 Å². The number of aromatic nitrogens is 1. The second-order valence-electron chi connectivity index (χ2n) is 3.50. The van der Waals surface area contributed by atoms with E-state index in [0.717, 1.165) is 4.90 Å². The maximum Gasteiger partial charge on any atom is 0.417 e. The molecule has 8 heteroatoms. The van der Waals surface area contributed by atoms with Crippen molar-refractivity contribution in [3.63, 3.8) is 0 Å². The molecule has 0 atom stereocenters. The SMILES string of the molecule is CN(C)C(=O)c1cc(C(F)(F)F)cnc1N=C=S. The lowest BCUT2D eigenvalue weighted by Gasteiger charge is -2.13. The van der Waals surface area contributed by atoms with Gasteiger partial charge in [0.15, 0.2) is 5.82 Å². The number of carbonyl (C=O) groups is 1. The van der Waals surface area contributed by atoms with Gasteiger partial charge in [0, 0.05) is 20.3 Å². The van der Waals surface area contributed by atoms with E-state index in [1.54, 1.807) is 0 Å². The number of aliphatic imine (C=N–C) groups is 1. The van der Waals surface area contributed by atoms with Gasteiger partial charge in [0.05, 0.1) is 16.3 Å². The Morgan fingerprint density at radius 3 is 2.56 bits per heavy atom. The highest BCUT2D eigenvalue weighted by molar-refractivity contribution is 7.78. The van der Waals surface area contributed by atoms with Crippen LogP contribution in [-0.4, -0.2) is 35.0 Å². The van der Waals surface area contributed by atoms with Crippen molar-refractivity contribution in [2.45, 2.75) is 6.18 Å². The Hall–Kier alpha value is -1.79. The molecule has 0 radical (unpaired) electrons. The van der Waals surface area contributed by atoms with Gasteiger partial charge in [0.1, 0.15) is 0 Å². The number of carbonyl (C=O) groups excluding carboxylic acids is 1. The van der Waals surface area contributed by atoms with Crippen LogP contribution in [0.2, 0.25) is 0 Å². The number of thiocarbonyl (C=S) groups is 1. The van der Waals surface area contributed by atoms with Gasteiger partial charge in [-0.3, -0.25) is 4.79 Å². The molecule has 0 aromatic carbocycles. The molecule has 4 nitrogen and oxygen atoms in total. The van der Waals surface area contributed by atoms with Crippen LogP contribution >= 0.6 is 12.2 Å². The summed E-state index contributed by atoms with van der Waals surface area (Å²) in [6.07, 6.45) is -3.98. The summed E-state index contributed by atoms with van der Waals surface area (Å²) in [4.78, 5) is 19.8. The third-order valence-corrected chi connectivity index (χ3v) is 2.07. The number of isothiocyanates is 1. The molecule has 0 aliphatic heterocycles. The second-order valence-corrected chi connectivity index (χ2v) is 3.68. The fourth-order valence-corrected chi connectivity index (χ4v) is 1.23. The first-order chi connectivity index (χ1) is 8.27. The Labute approximate surface area is 106 Å². The molecule has 0 N–H and O–H groups in total. The van der Waals surface area contributed by atoms with E-state index in [4.69, 9.17) is 0 Å². The molecule has 1 aromatic heterocycles. The third-order valence-electron chi connectivity index (χ3n) is 1.98. The van der Waals surface area contributed by atoms with Crippen LogP contribution < -0.4 is 0 Å².